The van der Waals surface area contributed by atoms with Crippen LogP contribution in [0.3, 0.4) is 0 Å². The van der Waals surface area contributed by atoms with E-state index in [-0.39, 0.29) is 17.1 Å². The molecule has 172 valence electrons. The lowest BCUT2D eigenvalue weighted by Gasteiger charge is -2.40. The van der Waals surface area contributed by atoms with Crippen LogP contribution in [-0.2, 0) is 12.0 Å². The molecule has 0 aromatic heterocycles. The lowest BCUT2D eigenvalue weighted by Crippen LogP contribution is -2.45. The quantitative estimate of drug-likeness (QED) is 0.562. The van der Waals surface area contributed by atoms with Gasteiger partial charge in [0.05, 0.1) is 18.7 Å². The van der Waals surface area contributed by atoms with E-state index in [9.17, 15) is 14.4 Å². The summed E-state index contributed by atoms with van der Waals surface area (Å²) in [5.41, 5.74) is 3.70. The van der Waals surface area contributed by atoms with Gasteiger partial charge in [0, 0.05) is 29.8 Å². The molecule has 1 spiro atoms. The van der Waals surface area contributed by atoms with Crippen LogP contribution in [0.4, 0.5) is 10.1 Å². The molecule has 2 aliphatic heterocycles. The first-order valence-electron chi connectivity index (χ1n) is 11.5. The third kappa shape index (κ3) is 3.93. The predicted octanol–water partition coefficient (Wildman–Crippen LogP) is 4.90. The Morgan fingerprint density at radius 1 is 1.09 bits per heavy atom. The average molecular weight is 456 g/mol. The number of hydrogen-bond acceptors (Lipinski definition) is 4. The monoisotopic (exact) mass is 455 g/mol. The highest BCUT2D eigenvalue weighted by Crippen LogP contribution is 2.48. The van der Waals surface area contributed by atoms with Gasteiger partial charge < -0.3 is 9.64 Å². The van der Waals surface area contributed by atoms with E-state index in [0.717, 1.165) is 42.7 Å². The second kappa shape index (κ2) is 8.92. The Kier molecular flexibility index (Phi) is 5.80. The molecular formula is C28H26FN3O2. The van der Waals surface area contributed by atoms with E-state index in [1.165, 1.54) is 6.07 Å². The highest BCUT2D eigenvalue weighted by atomic mass is 19.1. The third-order valence-corrected chi connectivity index (χ3v) is 7.19. The molecule has 2 aliphatic rings. The first-order chi connectivity index (χ1) is 16.5. The van der Waals surface area contributed by atoms with Crippen molar-refractivity contribution < 1.29 is 13.9 Å². The van der Waals surface area contributed by atoms with Crippen molar-refractivity contribution in [3.8, 4) is 11.8 Å². The van der Waals surface area contributed by atoms with Crippen molar-refractivity contribution in [2.75, 3.05) is 31.6 Å². The molecule has 0 bridgehead atoms. The van der Waals surface area contributed by atoms with Crippen molar-refractivity contribution in [3.63, 3.8) is 0 Å². The molecule has 1 fully saturated rings. The first-order valence-corrected chi connectivity index (χ1v) is 11.5. The number of nitrogens with zero attached hydrogens (tertiary/aromatic N) is 3. The van der Waals surface area contributed by atoms with Gasteiger partial charge >= 0.3 is 0 Å². The molecule has 6 heteroatoms. The molecule has 2 heterocycles. The number of carbonyl (C=O) groups is 1. The van der Waals surface area contributed by atoms with Crippen molar-refractivity contribution >= 4 is 11.6 Å². The van der Waals surface area contributed by atoms with E-state index in [1.807, 2.05) is 30.3 Å². The van der Waals surface area contributed by atoms with Crippen LogP contribution in [0.5, 0.6) is 5.75 Å². The molecule has 0 radical (unpaired) electrons. The molecule has 3 aromatic rings. The first kappa shape index (κ1) is 22.1. The average Bonchev–Trinajstić information content (AvgIpc) is 3.18. The van der Waals surface area contributed by atoms with Crippen molar-refractivity contribution in [1.29, 1.82) is 5.26 Å². The second-order valence-corrected chi connectivity index (χ2v) is 9.11. The predicted molar refractivity (Wildman–Crippen MR) is 128 cm³/mol. The minimum atomic E-state index is -0.281. The number of anilines is 1. The Bertz CT molecular complexity index is 1270. The lowest BCUT2D eigenvalue weighted by molar-refractivity contribution is 0.0975. The van der Waals surface area contributed by atoms with Crippen LogP contribution >= 0.6 is 0 Å². The number of rotatable bonds is 4. The third-order valence-electron chi connectivity index (χ3n) is 7.19. The Labute approximate surface area is 199 Å². The van der Waals surface area contributed by atoms with Crippen LogP contribution < -0.4 is 9.64 Å². The Hall–Kier alpha value is -3.69. The number of benzene rings is 3. The SMILES string of the molecule is COc1cccc(C(=O)N2CC3(CCN(Cc4ccccc4C#N)CC3)c3cc(F)ccc32)c1. The molecule has 5 rings (SSSR count). The number of nitriles is 1. The molecule has 1 amide bonds. The summed E-state index contributed by atoms with van der Waals surface area (Å²) in [6.07, 6.45) is 1.64. The van der Waals surface area contributed by atoms with Crippen LogP contribution in [0.15, 0.2) is 66.7 Å². The minimum absolute atomic E-state index is 0.103. The number of fused-ring (bicyclic) bond motifs is 2. The number of piperidine rings is 1. The zero-order valence-corrected chi connectivity index (χ0v) is 19.1. The normalized spacial score (nSPS) is 16.8. The van der Waals surface area contributed by atoms with Gasteiger partial charge in [0.25, 0.3) is 5.91 Å². The summed E-state index contributed by atoms with van der Waals surface area (Å²) in [4.78, 5) is 17.6. The van der Waals surface area contributed by atoms with Crippen molar-refractivity contribution in [3.05, 3.63) is 94.8 Å². The van der Waals surface area contributed by atoms with Gasteiger partial charge in [0.15, 0.2) is 0 Å². The van der Waals surface area contributed by atoms with Crippen molar-refractivity contribution in [2.24, 2.45) is 0 Å². The van der Waals surface area contributed by atoms with E-state index in [2.05, 4.69) is 11.0 Å². The molecule has 0 N–H and O–H groups in total. The molecule has 5 nitrogen and oxygen atoms in total. The largest absolute Gasteiger partial charge is 0.497 e. The molecule has 34 heavy (non-hydrogen) atoms. The molecule has 3 aromatic carbocycles. The zero-order valence-electron chi connectivity index (χ0n) is 19.1. The summed E-state index contributed by atoms with van der Waals surface area (Å²) >= 11 is 0. The van der Waals surface area contributed by atoms with Gasteiger partial charge in [-0.15, -0.1) is 0 Å². The van der Waals surface area contributed by atoms with Crippen LogP contribution in [0, 0.1) is 17.1 Å². The zero-order chi connectivity index (χ0) is 23.7. The fourth-order valence-corrected chi connectivity index (χ4v) is 5.31. The van der Waals surface area contributed by atoms with Gasteiger partial charge in [-0.25, -0.2) is 4.39 Å². The van der Waals surface area contributed by atoms with Crippen LogP contribution in [-0.4, -0.2) is 37.6 Å². The topological polar surface area (TPSA) is 56.6 Å². The van der Waals surface area contributed by atoms with Gasteiger partial charge in [0.2, 0.25) is 0 Å². The molecule has 0 aliphatic carbocycles. The maximum absolute atomic E-state index is 14.3. The van der Waals surface area contributed by atoms with E-state index in [0.29, 0.717) is 30.0 Å². The molecule has 0 atom stereocenters. The Balaban J connectivity index is 1.39. The summed E-state index contributed by atoms with van der Waals surface area (Å²) in [6.45, 7) is 2.88. The summed E-state index contributed by atoms with van der Waals surface area (Å²) in [5.74, 6) is 0.248. The van der Waals surface area contributed by atoms with E-state index >= 15 is 0 Å². The van der Waals surface area contributed by atoms with E-state index < -0.39 is 0 Å². The van der Waals surface area contributed by atoms with Crippen LogP contribution in [0.2, 0.25) is 0 Å². The summed E-state index contributed by atoms with van der Waals surface area (Å²) in [6, 6.07) is 21.9. The van der Waals surface area contributed by atoms with Gasteiger partial charge in [-0.3, -0.25) is 9.69 Å². The summed E-state index contributed by atoms with van der Waals surface area (Å²) < 4.78 is 19.6. The fraction of sp³-hybridized carbons (Fsp3) is 0.286. The highest BCUT2D eigenvalue weighted by Gasteiger charge is 2.46. The van der Waals surface area contributed by atoms with Gasteiger partial charge in [-0.2, -0.15) is 5.26 Å². The number of hydrogen-bond donors (Lipinski definition) is 0. The number of halogens is 1. The van der Waals surface area contributed by atoms with E-state index in [1.54, 1.807) is 42.3 Å². The smallest absolute Gasteiger partial charge is 0.258 e. The second-order valence-electron chi connectivity index (χ2n) is 9.11. The molecule has 0 saturated carbocycles. The number of carbonyl (C=O) groups excluding carboxylic acids is 1. The van der Waals surface area contributed by atoms with Gasteiger partial charge in [-0.1, -0.05) is 24.3 Å². The lowest BCUT2D eigenvalue weighted by atomic mass is 9.74. The maximum Gasteiger partial charge on any atom is 0.258 e. The Morgan fingerprint density at radius 2 is 1.88 bits per heavy atom. The summed E-state index contributed by atoms with van der Waals surface area (Å²) in [7, 11) is 1.58. The van der Waals surface area contributed by atoms with Crippen molar-refractivity contribution in [1.82, 2.24) is 4.90 Å². The van der Waals surface area contributed by atoms with Crippen molar-refractivity contribution in [2.45, 2.75) is 24.8 Å². The fourth-order valence-electron chi connectivity index (χ4n) is 5.31. The van der Waals surface area contributed by atoms with Gasteiger partial charge in [0.1, 0.15) is 11.6 Å². The van der Waals surface area contributed by atoms with E-state index in [4.69, 9.17) is 4.74 Å². The highest BCUT2D eigenvalue weighted by molar-refractivity contribution is 6.08. The van der Waals surface area contributed by atoms with Crippen LogP contribution in [0.25, 0.3) is 0 Å². The number of likely N-dealkylation sites (tertiary alicyclic amines) is 1. The Morgan fingerprint density at radius 3 is 2.65 bits per heavy atom. The number of amides is 1. The number of methoxy groups -OCH3 is 1. The van der Waals surface area contributed by atoms with Crippen LogP contribution in [0.1, 0.15) is 39.9 Å². The van der Waals surface area contributed by atoms with Gasteiger partial charge in [-0.05, 0) is 79.5 Å². The molecule has 0 unspecified atom stereocenters. The number of ether oxygens (including phenoxy) is 1. The maximum atomic E-state index is 14.3. The summed E-state index contributed by atoms with van der Waals surface area (Å²) in [5, 5.41) is 9.41. The minimum Gasteiger partial charge on any atom is -0.497 e. The molecule has 1 saturated heterocycles. The molecular weight excluding hydrogens is 429 g/mol. The standard InChI is InChI=1S/C28H26FN3O2/c1-34-24-8-4-7-20(15-24)27(33)32-19-28(25-16-23(29)9-10-26(25)32)11-13-31(14-12-28)18-22-6-3-2-5-21(22)17-30/h2-10,15-16H,11-14,18-19H2,1H3.